The van der Waals surface area contributed by atoms with E-state index in [1.54, 1.807) is 23.6 Å². The molecule has 3 aliphatic rings. The first-order chi connectivity index (χ1) is 38.3. The number of aliphatic imine (C=N–C) groups is 2. The number of hydrogen-bond acceptors (Lipinski definition) is 13. The van der Waals surface area contributed by atoms with Gasteiger partial charge in [-0.05, 0) is 89.6 Å². The van der Waals surface area contributed by atoms with Crippen LogP contribution in [0.2, 0.25) is 0 Å². The Labute approximate surface area is 471 Å². The van der Waals surface area contributed by atoms with Crippen molar-refractivity contribution in [3.8, 4) is 22.5 Å². The summed E-state index contributed by atoms with van der Waals surface area (Å²) in [5, 5.41) is 14.1. The van der Waals surface area contributed by atoms with Crippen LogP contribution in [0.15, 0.2) is 75.1 Å². The van der Waals surface area contributed by atoms with Gasteiger partial charge in [-0.2, -0.15) is 0 Å². The highest BCUT2D eigenvalue weighted by atomic mass is 16.3. The molecular weight excluding hydrogens is 1020 g/mol. The van der Waals surface area contributed by atoms with Crippen LogP contribution in [0, 0.1) is 5.92 Å². The van der Waals surface area contributed by atoms with Crippen molar-refractivity contribution >= 4 is 63.6 Å². The van der Waals surface area contributed by atoms with E-state index in [1.165, 1.54) is 0 Å². The number of benzene rings is 3. The molecule has 0 bridgehead atoms. The van der Waals surface area contributed by atoms with Gasteiger partial charge in [0.2, 0.25) is 17.2 Å². The Morgan fingerprint density at radius 1 is 0.688 bits per heavy atom. The Kier molecular flexibility index (Phi) is 25.1. The molecule has 0 spiro atoms. The summed E-state index contributed by atoms with van der Waals surface area (Å²) in [6.45, 7) is 20.4. The Bertz CT molecular complexity index is 2840. The summed E-state index contributed by atoms with van der Waals surface area (Å²) >= 11 is 0. The van der Waals surface area contributed by atoms with E-state index in [4.69, 9.17) is 27.4 Å². The third kappa shape index (κ3) is 18.2. The molecule has 0 unspecified atom stereocenters. The molecule has 21 nitrogen and oxygen atoms in total. The summed E-state index contributed by atoms with van der Waals surface area (Å²) < 4.78 is 9.00. The van der Waals surface area contributed by atoms with Gasteiger partial charge in [0.15, 0.2) is 23.5 Å². The topological polar surface area (TPSA) is 305 Å². The van der Waals surface area contributed by atoms with E-state index in [-0.39, 0.29) is 119 Å². The van der Waals surface area contributed by atoms with Crippen LogP contribution in [0.5, 0.6) is 0 Å². The zero-order valence-electron chi connectivity index (χ0n) is 48.4. The van der Waals surface area contributed by atoms with Crippen LogP contribution in [0.4, 0.5) is 5.69 Å². The molecule has 0 radical (unpaired) electrons. The number of fused-ring (bicyclic) bond motifs is 2. The normalized spacial score (nSPS) is 13.7. The molecule has 1 saturated heterocycles. The Morgan fingerprint density at radius 3 is 1.91 bits per heavy atom. The van der Waals surface area contributed by atoms with Crippen molar-refractivity contribution in [2.45, 2.75) is 118 Å². The molecule has 1 fully saturated rings. The first-order valence-corrected chi connectivity index (χ1v) is 28.5. The second kappa shape index (κ2) is 31.5. The maximum absolute atomic E-state index is 14.8. The number of hydrogen-bond donors (Lipinski definition) is 8. The smallest absolute Gasteiger partial charge is 0.254 e. The number of Topliss-reactive ketones (excluding diaryl/α,β-unsaturated/α-hetero) is 3. The highest BCUT2D eigenvalue weighted by Gasteiger charge is 2.31. The fourth-order valence-electron chi connectivity index (χ4n) is 10.0. The number of nitrogens with two attached hydrogens (primary N) is 4. The number of anilines is 1. The van der Waals surface area contributed by atoms with Crippen LogP contribution >= 0.6 is 0 Å². The molecule has 21 heteroatoms. The summed E-state index contributed by atoms with van der Waals surface area (Å²) in [6, 6.07) is 17.6. The van der Waals surface area contributed by atoms with Crippen molar-refractivity contribution in [2.75, 3.05) is 90.0 Å². The maximum Gasteiger partial charge on any atom is 0.254 e. The lowest BCUT2D eigenvalue weighted by Gasteiger charge is -2.35. The van der Waals surface area contributed by atoms with E-state index in [2.05, 4.69) is 105 Å². The molecule has 3 atom stereocenters. The number of carbonyl (C=O) groups excluding carboxylic acids is 6. The van der Waals surface area contributed by atoms with Crippen LogP contribution in [0.3, 0.4) is 0 Å². The molecule has 0 aromatic heterocycles. The molecule has 2 heterocycles. The molecular formula is C59H89N14O7+. The molecule has 80 heavy (non-hydrogen) atoms. The van der Waals surface area contributed by atoms with Gasteiger partial charge in [-0.25, -0.2) is 4.58 Å². The van der Waals surface area contributed by atoms with E-state index < -0.39 is 29.8 Å². The van der Waals surface area contributed by atoms with Crippen molar-refractivity contribution in [1.29, 1.82) is 0 Å². The van der Waals surface area contributed by atoms with Gasteiger partial charge in [-0.1, -0.05) is 45.9 Å². The minimum absolute atomic E-state index is 0.0210. The van der Waals surface area contributed by atoms with Crippen LogP contribution in [0.25, 0.3) is 33.4 Å². The number of nitrogens with one attached hydrogen (secondary N) is 4. The molecule has 5 rings (SSSR count). The monoisotopic (exact) mass is 1110 g/mol. The summed E-state index contributed by atoms with van der Waals surface area (Å²) in [6.07, 6.45) is 1.47. The van der Waals surface area contributed by atoms with Gasteiger partial charge in [0.05, 0.1) is 43.8 Å². The van der Waals surface area contributed by atoms with E-state index >= 15 is 0 Å². The van der Waals surface area contributed by atoms with Gasteiger partial charge >= 0.3 is 0 Å². The molecule has 3 amide bonds. The van der Waals surface area contributed by atoms with Crippen molar-refractivity contribution < 1.29 is 33.2 Å². The van der Waals surface area contributed by atoms with Crippen LogP contribution in [-0.2, 0) is 24.0 Å². The average Bonchev–Trinajstić information content (AvgIpc) is 3.44. The Hall–Kier alpha value is -7.23. The number of rotatable bonds is 32. The first kappa shape index (κ1) is 63.6. The third-order valence-corrected chi connectivity index (χ3v) is 14.5. The molecule has 2 aliphatic heterocycles. The summed E-state index contributed by atoms with van der Waals surface area (Å²) in [5.74, 6) is -1.23. The lowest BCUT2D eigenvalue weighted by atomic mass is 9.90. The van der Waals surface area contributed by atoms with Crippen molar-refractivity contribution in [2.24, 2.45) is 38.8 Å². The molecule has 12 N–H and O–H groups in total. The predicted octanol–water partition coefficient (Wildman–Crippen LogP) is 2.80. The standard InChI is InChI=1S/C59H88N14O7/c1-9-70(10-2)40-21-23-44-52(33-40)80-53-34-41(71(11-3)12-4)22-24-45(53)55(44)42-17-13-14-18-43(42)57(79)73-31-29-72(30-32-73)54(77)26-25-46(50(75)36-64-35-49(74)38(5)6)67-37-51(76)47(19-15-27-65-58(60)61)69-56(78)48(68-39(7)8)20-16-28-66-59(62)63/h13-14,17-18,21-24,33-34,38-39,46-48,64,67-68H,9-12,15-16,19-20,25-32,35-37H2,1-8H3,(H8-,60,61,62,63,65,66,69,78)/p+1/t46-,47-,48-/m0/s1. The average molecular weight is 1110 g/mol. The Morgan fingerprint density at radius 2 is 1.30 bits per heavy atom. The number of carbonyl (C=O) groups is 6. The zero-order chi connectivity index (χ0) is 58.5. The zero-order valence-corrected chi connectivity index (χ0v) is 48.4. The highest BCUT2D eigenvalue weighted by Crippen LogP contribution is 2.42. The first-order valence-electron chi connectivity index (χ1n) is 28.5. The number of ketones is 3. The molecule has 436 valence electrons. The lowest BCUT2D eigenvalue weighted by molar-refractivity contribution is -0.133. The predicted molar refractivity (Wildman–Crippen MR) is 318 cm³/mol. The fourth-order valence-corrected chi connectivity index (χ4v) is 10.0. The van der Waals surface area contributed by atoms with E-state index in [1.807, 2.05) is 38.1 Å². The van der Waals surface area contributed by atoms with E-state index in [0.717, 1.165) is 59.3 Å². The number of nitrogens with zero attached hydrogens (tertiary/aromatic N) is 6. The van der Waals surface area contributed by atoms with Crippen molar-refractivity contribution in [3.63, 3.8) is 0 Å². The van der Waals surface area contributed by atoms with Crippen LogP contribution in [-0.4, -0.2) is 166 Å². The van der Waals surface area contributed by atoms with Crippen LogP contribution < -0.4 is 59.0 Å². The van der Waals surface area contributed by atoms with Gasteiger partial charge in [-0.3, -0.25) is 38.8 Å². The number of amides is 3. The summed E-state index contributed by atoms with van der Waals surface area (Å²) in [4.78, 5) is 96.7. The molecule has 2 aromatic carbocycles. The van der Waals surface area contributed by atoms with Crippen LogP contribution in [0.1, 0.15) is 104 Å². The number of guanidine groups is 2. The minimum Gasteiger partial charge on any atom is -0.456 e. The number of piperazine rings is 1. The van der Waals surface area contributed by atoms with Gasteiger partial charge in [0, 0.05) is 111 Å². The fraction of sp³-hybridized carbons (Fsp3) is 0.542. The highest BCUT2D eigenvalue weighted by molar-refractivity contribution is 6.09. The second-order valence-corrected chi connectivity index (χ2v) is 20.9. The van der Waals surface area contributed by atoms with Gasteiger partial charge in [-0.15, -0.1) is 0 Å². The molecule has 2 aromatic rings. The second-order valence-electron chi connectivity index (χ2n) is 20.9. The van der Waals surface area contributed by atoms with Gasteiger partial charge < -0.3 is 63.3 Å². The van der Waals surface area contributed by atoms with Gasteiger partial charge in [0.25, 0.3) is 5.91 Å². The summed E-state index contributed by atoms with van der Waals surface area (Å²) in [7, 11) is 0. The molecule has 1 aliphatic carbocycles. The van der Waals surface area contributed by atoms with E-state index in [0.29, 0.717) is 42.7 Å². The maximum atomic E-state index is 14.8. The van der Waals surface area contributed by atoms with E-state index in [9.17, 15) is 28.8 Å². The lowest BCUT2D eigenvalue weighted by Crippen LogP contribution is -2.54. The van der Waals surface area contributed by atoms with Gasteiger partial charge in [0.1, 0.15) is 30.2 Å². The third-order valence-electron chi connectivity index (χ3n) is 14.5. The van der Waals surface area contributed by atoms with Crippen molar-refractivity contribution in [1.82, 2.24) is 35.6 Å². The minimum atomic E-state index is -0.970. The SMILES string of the molecule is CCN(CC)c1ccc2c(-c3ccccc3C(=O)N3CCN(C(=O)CC[C@H](NCC(=O)[C@H](CCCN=C(N)N)NC(=O)[C@H](CCCN=C(N)N)NC(C)C)C(=O)CNCC(=O)C(C)C)CC3)c3ccc(=[N+](CC)CC)cc-3oc2c1. The largest absolute Gasteiger partial charge is 0.456 e. The Balaban J connectivity index is 1.33. The summed E-state index contributed by atoms with van der Waals surface area (Å²) in [5.41, 5.74) is 27.0. The quantitative estimate of drug-likeness (QED) is 0.0115. The molecule has 0 saturated carbocycles. The van der Waals surface area contributed by atoms with Crippen molar-refractivity contribution in [3.05, 3.63) is 71.6 Å².